The smallest absolute Gasteiger partial charge is 0 e. The number of fused-ring (bicyclic) bond motifs is 5. The van der Waals surface area contributed by atoms with Gasteiger partial charge in [0.1, 0.15) is 0 Å². The molecule has 10 aromatic rings. The molecule has 3 aromatic heterocycles. The zero-order valence-corrected chi connectivity index (χ0v) is 38.3. The van der Waals surface area contributed by atoms with Crippen molar-refractivity contribution in [1.29, 1.82) is 0 Å². The predicted octanol–water partition coefficient (Wildman–Crippen LogP) is 13.8. The number of aromatic nitrogens is 2. The van der Waals surface area contributed by atoms with Crippen LogP contribution >= 0.6 is 0 Å². The van der Waals surface area contributed by atoms with E-state index in [2.05, 4.69) is 210 Å². The van der Waals surface area contributed by atoms with E-state index in [0.29, 0.717) is 11.5 Å². The quantitative estimate of drug-likeness (QED) is 0.118. The fraction of sp³-hybridized carbons (Fsp3) is 0.0741. The molecule has 4 heterocycles. The molecule has 0 amide bonds. The largest absolute Gasteiger partial charge is 0 e. The number of benzene rings is 7. The second-order valence-corrected chi connectivity index (χ2v) is 18.7. The van der Waals surface area contributed by atoms with E-state index in [1.54, 1.807) is 0 Å². The van der Waals surface area contributed by atoms with Gasteiger partial charge in [-0.25, -0.2) is 0 Å². The van der Waals surface area contributed by atoms with Crippen molar-refractivity contribution in [2.75, 3.05) is 9.80 Å². The summed E-state index contributed by atoms with van der Waals surface area (Å²) < 4.78 is 12.5. The Kier molecular flexibility index (Phi) is 10.2. The minimum absolute atomic E-state index is 0. The number of anilines is 4. The standard InChI is InChI=1S/C54H39N4OTe.Pt/c1-54(2,3)46-34-51(55-53-45(46)30-31-60-53)58-47-25-11-10-22-43(47)44-29-28-40(33-50(44)58)59-39-21-14-20-38(32-39)56-35-57(49-27-13-12-26-48(49)56)52-41(36-16-6-4-7-17-36)23-15-24-42(52)37-18-8-5-9-19-37;/h4-31,34-35H,1-3H3;/q-3;. The molecule has 0 N–H and O–H groups in total. The van der Waals surface area contributed by atoms with Crippen LogP contribution < -0.4 is 14.5 Å². The molecule has 0 radical (unpaired) electrons. The van der Waals surface area contributed by atoms with Gasteiger partial charge < -0.3 is 4.90 Å². The Morgan fingerprint density at radius 1 is 0.590 bits per heavy atom. The van der Waals surface area contributed by atoms with Crippen LogP contribution in [0.4, 0.5) is 22.7 Å². The van der Waals surface area contributed by atoms with E-state index in [9.17, 15) is 0 Å². The number of ether oxygens (including phenoxy) is 1. The summed E-state index contributed by atoms with van der Waals surface area (Å²) in [4.78, 5) is 9.83. The van der Waals surface area contributed by atoms with Gasteiger partial charge in [0.2, 0.25) is 0 Å². The van der Waals surface area contributed by atoms with Gasteiger partial charge in [-0.3, -0.25) is 0 Å². The average molecular weight is 1080 g/mol. The second kappa shape index (κ2) is 15.9. The summed E-state index contributed by atoms with van der Waals surface area (Å²) in [7, 11) is 0. The van der Waals surface area contributed by atoms with Crippen molar-refractivity contribution in [2.24, 2.45) is 0 Å². The van der Waals surface area contributed by atoms with Gasteiger partial charge in [0, 0.05) is 49.3 Å². The molecule has 0 saturated carbocycles. The molecule has 0 spiro atoms. The topological polar surface area (TPSA) is 33.5 Å². The first-order valence-corrected chi connectivity index (χ1v) is 22.7. The van der Waals surface area contributed by atoms with Gasteiger partial charge in [0.05, 0.1) is 0 Å². The number of rotatable bonds is 7. The average Bonchev–Trinajstić information content (AvgIpc) is 4.00. The summed E-state index contributed by atoms with van der Waals surface area (Å²) in [5.74, 6) is 2.15. The van der Waals surface area contributed by atoms with Gasteiger partial charge in [-0.15, -0.1) is 6.67 Å². The van der Waals surface area contributed by atoms with E-state index >= 15 is 0 Å². The third-order valence-electron chi connectivity index (χ3n) is 11.3. The number of hydrogen-bond acceptors (Lipinski definition) is 4. The van der Waals surface area contributed by atoms with E-state index in [1.807, 2.05) is 18.2 Å². The van der Waals surface area contributed by atoms with Gasteiger partial charge in [0.15, 0.2) is 0 Å². The Bertz CT molecular complexity index is 3170. The van der Waals surface area contributed by atoms with Crippen LogP contribution in [0.15, 0.2) is 174 Å². The molecular weight excluding hydrogens is 1040 g/mol. The fourth-order valence-corrected chi connectivity index (χ4v) is 10.8. The first-order chi connectivity index (χ1) is 29.4. The summed E-state index contributed by atoms with van der Waals surface area (Å²) in [5.41, 5.74) is 12.1. The van der Waals surface area contributed by atoms with Gasteiger partial charge in [-0.1, -0.05) is 91.0 Å². The number of pyridine rings is 1. The van der Waals surface area contributed by atoms with E-state index < -0.39 is 20.4 Å². The minimum atomic E-state index is -0.488. The maximum Gasteiger partial charge on any atom is 0 e. The summed E-state index contributed by atoms with van der Waals surface area (Å²) in [6, 6.07) is 67.0. The van der Waals surface area contributed by atoms with E-state index in [-0.39, 0.29) is 26.5 Å². The Morgan fingerprint density at radius 2 is 1.23 bits per heavy atom. The van der Waals surface area contributed by atoms with Crippen molar-refractivity contribution in [3.05, 3.63) is 198 Å². The van der Waals surface area contributed by atoms with Crippen LogP contribution in [0.3, 0.4) is 0 Å². The van der Waals surface area contributed by atoms with Crippen LogP contribution in [0.5, 0.6) is 11.5 Å². The molecule has 1 aliphatic heterocycles. The number of para-hydroxylation sites is 4. The number of nitrogens with zero attached hydrogens (tertiary/aromatic N) is 4. The molecule has 300 valence electrons. The van der Waals surface area contributed by atoms with Crippen LogP contribution in [0, 0.1) is 18.8 Å². The van der Waals surface area contributed by atoms with Crippen molar-refractivity contribution in [3.63, 3.8) is 0 Å². The summed E-state index contributed by atoms with van der Waals surface area (Å²) in [6.45, 7) is 9.04. The van der Waals surface area contributed by atoms with Crippen molar-refractivity contribution in [1.82, 2.24) is 9.55 Å². The molecule has 61 heavy (non-hydrogen) atoms. The molecule has 0 atom stereocenters. The van der Waals surface area contributed by atoms with Crippen LogP contribution in [-0.4, -0.2) is 30.0 Å². The second-order valence-electron chi connectivity index (χ2n) is 16.1. The van der Waals surface area contributed by atoms with Gasteiger partial charge in [-0.05, 0) is 23.3 Å². The SMILES string of the molecule is CC(C)(C)c1cc(-n2c3[c-]c(Oc4[c-]c(N5[CH-]N(c6c(-c7ccccc7)cccc6-c6ccccc6)c6ccccc65)ccc4)ccc3c3ccccc32)nc2[te]ccc12.[Pt]. The Morgan fingerprint density at radius 3 is 1.95 bits per heavy atom. The van der Waals surface area contributed by atoms with Crippen molar-refractivity contribution >= 4 is 73.9 Å². The third-order valence-corrected chi connectivity index (χ3v) is 13.6. The van der Waals surface area contributed by atoms with Gasteiger partial charge in [0.25, 0.3) is 0 Å². The maximum absolute atomic E-state index is 6.68. The van der Waals surface area contributed by atoms with Crippen LogP contribution in [-0.2, 0) is 26.5 Å². The third kappa shape index (κ3) is 6.98. The molecule has 7 aromatic carbocycles. The van der Waals surface area contributed by atoms with E-state index in [4.69, 9.17) is 9.72 Å². The molecular formula is C54H39N4OPtTe-3. The van der Waals surface area contributed by atoms with Crippen LogP contribution in [0.2, 0.25) is 0 Å². The molecule has 0 fully saturated rings. The molecule has 0 aliphatic carbocycles. The normalized spacial score (nSPS) is 12.6. The van der Waals surface area contributed by atoms with Crippen molar-refractivity contribution < 1.29 is 25.8 Å². The maximum atomic E-state index is 6.68. The monoisotopic (exact) mass is 1080 g/mol. The molecule has 7 heteroatoms. The van der Waals surface area contributed by atoms with Crippen LogP contribution in [0.1, 0.15) is 26.3 Å². The summed E-state index contributed by atoms with van der Waals surface area (Å²) in [6.07, 6.45) is 0. The molecule has 11 rings (SSSR count). The molecule has 0 unspecified atom stereocenters. The Balaban J connectivity index is 0.00000445. The summed E-state index contributed by atoms with van der Waals surface area (Å²) in [5, 5.41) is 3.57. The zero-order chi connectivity index (χ0) is 40.4. The zero-order valence-electron chi connectivity index (χ0n) is 33.7. The molecule has 5 nitrogen and oxygen atoms in total. The molecule has 0 saturated heterocycles. The number of hydrogen-bond donors (Lipinski definition) is 0. The molecule has 1 aliphatic rings. The first-order valence-electron chi connectivity index (χ1n) is 20.2. The molecule has 0 bridgehead atoms. The predicted molar refractivity (Wildman–Crippen MR) is 248 cm³/mol. The Hall–Kier alpha value is -5.89. The van der Waals surface area contributed by atoms with Crippen LogP contribution in [0.25, 0.3) is 58.8 Å². The summed E-state index contributed by atoms with van der Waals surface area (Å²) >= 11 is -0.488. The minimum Gasteiger partial charge on any atom is 0 e. The van der Waals surface area contributed by atoms with Crippen molar-refractivity contribution in [3.8, 4) is 39.6 Å². The van der Waals surface area contributed by atoms with Crippen molar-refractivity contribution in [2.45, 2.75) is 26.2 Å². The Labute approximate surface area is 380 Å². The first kappa shape index (κ1) is 39.3. The van der Waals surface area contributed by atoms with E-state index in [1.165, 1.54) is 14.5 Å². The van der Waals surface area contributed by atoms with Gasteiger partial charge in [-0.2, -0.15) is 0 Å². The fourth-order valence-electron chi connectivity index (χ4n) is 8.58. The van der Waals surface area contributed by atoms with E-state index in [0.717, 1.165) is 72.6 Å². The van der Waals surface area contributed by atoms with Gasteiger partial charge >= 0.3 is 208 Å².